The van der Waals surface area contributed by atoms with Crippen LogP contribution in [0.4, 0.5) is 18.3 Å². The average Bonchev–Trinajstić information content (AvgIpc) is 3.20. The third-order valence-electron chi connectivity index (χ3n) is 4.75. The number of fused-ring (bicyclic) bond motifs is 1. The number of benzene rings is 1. The van der Waals surface area contributed by atoms with Crippen molar-refractivity contribution < 1.29 is 17.9 Å². The molecule has 4 rings (SSSR count). The smallest absolute Gasteiger partial charge is 0.370 e. The Hall–Kier alpha value is -2.13. The molecule has 1 aliphatic rings. The summed E-state index contributed by atoms with van der Waals surface area (Å²) in [7, 11) is 0. The van der Waals surface area contributed by atoms with Gasteiger partial charge in [-0.05, 0) is 17.7 Å². The fraction of sp³-hybridized carbons (Fsp3) is 0.474. The maximum Gasteiger partial charge on any atom is 0.416 e. The summed E-state index contributed by atoms with van der Waals surface area (Å²) in [5, 5.41) is 5.48. The second-order valence-corrected chi connectivity index (χ2v) is 8.85. The van der Waals surface area contributed by atoms with E-state index >= 15 is 0 Å². The molecule has 1 fully saturated rings. The molecule has 1 saturated heterocycles. The second-order valence-electron chi connectivity index (χ2n) is 7.91. The Balaban J connectivity index is 1.52. The molecule has 0 N–H and O–H groups in total. The minimum Gasteiger partial charge on any atom is -0.370 e. The normalized spacial score (nSPS) is 18.8. The third kappa shape index (κ3) is 3.73. The molecule has 9 heteroatoms. The van der Waals surface area contributed by atoms with E-state index in [9.17, 15) is 13.2 Å². The number of halogens is 3. The number of nitrogens with zero attached hydrogens (tertiary/aromatic N) is 4. The summed E-state index contributed by atoms with van der Waals surface area (Å²) in [6, 6.07) is 5.18. The van der Waals surface area contributed by atoms with Crippen LogP contribution in [-0.4, -0.2) is 34.3 Å². The van der Waals surface area contributed by atoms with Crippen molar-refractivity contribution in [2.75, 3.05) is 24.6 Å². The van der Waals surface area contributed by atoms with Crippen molar-refractivity contribution in [3.05, 3.63) is 47.3 Å². The molecule has 1 aromatic carbocycles. The maximum atomic E-state index is 12.8. The molecule has 0 bridgehead atoms. The van der Waals surface area contributed by atoms with E-state index in [0.29, 0.717) is 19.7 Å². The molecular weight excluding hydrogens is 389 g/mol. The Morgan fingerprint density at radius 1 is 1.14 bits per heavy atom. The van der Waals surface area contributed by atoms with E-state index in [4.69, 9.17) is 4.74 Å². The first-order valence-corrected chi connectivity index (χ1v) is 9.83. The average molecular weight is 410 g/mol. The van der Waals surface area contributed by atoms with E-state index in [2.05, 4.69) is 35.8 Å². The number of rotatable bonds is 2. The van der Waals surface area contributed by atoms with Gasteiger partial charge in [-0.2, -0.15) is 13.2 Å². The Morgan fingerprint density at radius 3 is 2.46 bits per heavy atom. The number of imidazole rings is 1. The van der Waals surface area contributed by atoms with Crippen molar-refractivity contribution in [2.45, 2.75) is 38.5 Å². The Morgan fingerprint density at radius 2 is 1.86 bits per heavy atom. The summed E-state index contributed by atoms with van der Waals surface area (Å²) in [6.45, 7) is 8.03. The van der Waals surface area contributed by atoms with Gasteiger partial charge in [0.2, 0.25) is 10.1 Å². The summed E-state index contributed by atoms with van der Waals surface area (Å²) in [6.07, 6.45) is -2.68. The molecule has 0 spiro atoms. The van der Waals surface area contributed by atoms with Crippen LogP contribution in [0.3, 0.4) is 0 Å². The molecule has 3 aromatic rings. The minimum absolute atomic E-state index is 0.0414. The first kappa shape index (κ1) is 19.2. The van der Waals surface area contributed by atoms with E-state index in [1.807, 2.05) is 6.20 Å². The Kier molecular flexibility index (Phi) is 4.62. The van der Waals surface area contributed by atoms with Gasteiger partial charge in [0.05, 0.1) is 30.6 Å². The van der Waals surface area contributed by atoms with Gasteiger partial charge >= 0.3 is 6.18 Å². The summed E-state index contributed by atoms with van der Waals surface area (Å²) in [4.78, 5) is 7.59. The van der Waals surface area contributed by atoms with Crippen LogP contribution in [0.1, 0.15) is 43.7 Å². The molecule has 1 atom stereocenters. The van der Waals surface area contributed by atoms with E-state index < -0.39 is 11.7 Å². The van der Waals surface area contributed by atoms with Gasteiger partial charge in [-0.3, -0.25) is 0 Å². The van der Waals surface area contributed by atoms with Gasteiger partial charge in [0.1, 0.15) is 6.10 Å². The fourth-order valence-electron chi connectivity index (χ4n) is 3.09. The van der Waals surface area contributed by atoms with Crippen LogP contribution in [0.5, 0.6) is 0 Å². The van der Waals surface area contributed by atoms with Gasteiger partial charge in [0.25, 0.3) is 0 Å². The number of anilines is 1. The van der Waals surface area contributed by atoms with Gasteiger partial charge in [-0.25, -0.2) is 9.50 Å². The lowest BCUT2D eigenvalue weighted by Gasteiger charge is -2.32. The fourth-order valence-corrected chi connectivity index (χ4v) is 4.01. The highest BCUT2D eigenvalue weighted by Crippen LogP contribution is 2.33. The van der Waals surface area contributed by atoms with E-state index in [1.165, 1.54) is 23.5 Å². The first-order valence-electron chi connectivity index (χ1n) is 9.02. The number of morpholine rings is 1. The number of hydrogen-bond donors (Lipinski definition) is 0. The second kappa shape index (κ2) is 6.73. The molecule has 5 nitrogen and oxygen atoms in total. The maximum absolute atomic E-state index is 12.8. The highest BCUT2D eigenvalue weighted by atomic mass is 32.1. The van der Waals surface area contributed by atoms with Crippen LogP contribution in [0.15, 0.2) is 30.5 Å². The van der Waals surface area contributed by atoms with E-state index in [0.717, 1.165) is 33.5 Å². The van der Waals surface area contributed by atoms with Crippen molar-refractivity contribution in [2.24, 2.45) is 0 Å². The zero-order valence-corrected chi connectivity index (χ0v) is 16.6. The van der Waals surface area contributed by atoms with E-state index in [-0.39, 0.29) is 11.5 Å². The Bertz CT molecular complexity index is 940. The zero-order chi connectivity index (χ0) is 20.1. The van der Waals surface area contributed by atoms with Crippen LogP contribution in [0, 0.1) is 0 Å². The number of aromatic nitrogens is 3. The predicted molar refractivity (Wildman–Crippen MR) is 102 cm³/mol. The first-order chi connectivity index (χ1) is 13.1. The number of ether oxygens (including phenoxy) is 1. The largest absolute Gasteiger partial charge is 0.416 e. The highest BCUT2D eigenvalue weighted by Gasteiger charge is 2.31. The highest BCUT2D eigenvalue weighted by molar-refractivity contribution is 7.20. The monoisotopic (exact) mass is 410 g/mol. The molecule has 0 saturated carbocycles. The minimum atomic E-state index is -4.33. The third-order valence-corrected chi connectivity index (χ3v) is 5.73. The molecule has 2 aromatic heterocycles. The molecule has 150 valence electrons. The lowest BCUT2D eigenvalue weighted by atomic mass is 9.93. The van der Waals surface area contributed by atoms with Crippen LogP contribution in [0.2, 0.25) is 0 Å². The van der Waals surface area contributed by atoms with Gasteiger partial charge in [0.15, 0.2) is 0 Å². The molecule has 3 heterocycles. The van der Waals surface area contributed by atoms with Crippen molar-refractivity contribution >= 4 is 21.4 Å². The molecule has 0 amide bonds. The standard InChI is InChI=1S/C19H21F3N4OS/c1-18(2,3)15-11-26-16(23-15)28-17(24-26)25-8-9-27-14(10-25)12-4-6-13(7-5-12)19(20,21)22/h4-7,11,14H,8-10H2,1-3H3. The molecule has 1 unspecified atom stereocenters. The van der Waals surface area contributed by atoms with Crippen LogP contribution in [-0.2, 0) is 16.3 Å². The van der Waals surface area contributed by atoms with Crippen LogP contribution < -0.4 is 4.90 Å². The molecule has 0 radical (unpaired) electrons. The SMILES string of the molecule is CC(C)(C)c1cn2nc(N3CCOC(c4ccc(C(F)(F)F)cc4)C3)sc2n1. The summed E-state index contributed by atoms with van der Waals surface area (Å²) in [5.41, 5.74) is 1.02. The van der Waals surface area contributed by atoms with E-state index in [1.54, 1.807) is 4.52 Å². The van der Waals surface area contributed by atoms with Crippen molar-refractivity contribution in [3.8, 4) is 0 Å². The number of alkyl halides is 3. The Labute approximate surface area is 164 Å². The summed E-state index contributed by atoms with van der Waals surface area (Å²) >= 11 is 1.51. The van der Waals surface area contributed by atoms with Crippen molar-refractivity contribution in [3.63, 3.8) is 0 Å². The van der Waals surface area contributed by atoms with Gasteiger partial charge in [-0.15, -0.1) is 5.10 Å². The predicted octanol–water partition coefficient (Wildman–Crippen LogP) is 4.69. The summed E-state index contributed by atoms with van der Waals surface area (Å²) in [5.74, 6) is 0. The topological polar surface area (TPSA) is 42.7 Å². The molecule has 28 heavy (non-hydrogen) atoms. The zero-order valence-electron chi connectivity index (χ0n) is 15.8. The summed E-state index contributed by atoms with van der Waals surface area (Å²) < 4.78 is 45.9. The number of hydrogen-bond acceptors (Lipinski definition) is 5. The molecular formula is C19H21F3N4OS. The quantitative estimate of drug-likeness (QED) is 0.615. The lowest BCUT2D eigenvalue weighted by molar-refractivity contribution is -0.137. The molecule has 1 aliphatic heterocycles. The van der Waals surface area contributed by atoms with Gasteiger partial charge in [-0.1, -0.05) is 44.2 Å². The van der Waals surface area contributed by atoms with Gasteiger partial charge < -0.3 is 9.64 Å². The molecule has 0 aliphatic carbocycles. The van der Waals surface area contributed by atoms with Crippen molar-refractivity contribution in [1.29, 1.82) is 0 Å². The van der Waals surface area contributed by atoms with Crippen LogP contribution >= 0.6 is 11.3 Å². The van der Waals surface area contributed by atoms with Gasteiger partial charge in [0, 0.05) is 12.0 Å². The van der Waals surface area contributed by atoms with Crippen molar-refractivity contribution in [1.82, 2.24) is 14.6 Å². The van der Waals surface area contributed by atoms with Crippen LogP contribution in [0.25, 0.3) is 4.96 Å². The lowest BCUT2D eigenvalue weighted by Crippen LogP contribution is -2.38.